The van der Waals surface area contributed by atoms with Crippen molar-refractivity contribution in [3.05, 3.63) is 107 Å². The number of rotatable bonds is 5. The molecule has 0 bridgehead atoms. The van der Waals surface area contributed by atoms with Crippen LogP contribution in [0.3, 0.4) is 0 Å². The van der Waals surface area contributed by atoms with E-state index in [1.165, 1.54) is 5.56 Å². The summed E-state index contributed by atoms with van der Waals surface area (Å²) in [6.45, 7) is 2.07. The van der Waals surface area contributed by atoms with Crippen LogP contribution in [-0.2, 0) is 11.2 Å². The van der Waals surface area contributed by atoms with Gasteiger partial charge in [0, 0.05) is 17.1 Å². The van der Waals surface area contributed by atoms with Crippen molar-refractivity contribution in [3.8, 4) is 0 Å². The zero-order valence-electron chi connectivity index (χ0n) is 15.3. The predicted octanol–water partition coefficient (Wildman–Crippen LogP) is 4.92. The molecule has 4 rings (SSSR count). The molecule has 0 aliphatic heterocycles. The minimum atomic E-state index is -0.162. The number of nitrogens with one attached hydrogen (secondary N) is 2. The Morgan fingerprint density at radius 2 is 1.56 bits per heavy atom. The lowest BCUT2D eigenvalue weighted by atomic mass is 9.97. The van der Waals surface area contributed by atoms with Crippen LogP contribution in [0, 0.1) is 6.92 Å². The van der Waals surface area contributed by atoms with Crippen molar-refractivity contribution in [2.24, 2.45) is 0 Å². The molecule has 27 heavy (non-hydrogen) atoms. The summed E-state index contributed by atoms with van der Waals surface area (Å²) < 4.78 is 0. The second-order valence-electron chi connectivity index (χ2n) is 6.86. The van der Waals surface area contributed by atoms with E-state index in [1.54, 1.807) is 0 Å². The van der Waals surface area contributed by atoms with E-state index < -0.39 is 0 Å². The van der Waals surface area contributed by atoms with Gasteiger partial charge in [0.1, 0.15) is 0 Å². The lowest BCUT2D eigenvalue weighted by molar-refractivity contribution is -0.120. The average Bonchev–Trinajstić information content (AvgIpc) is 3.10. The number of fused-ring (bicyclic) bond motifs is 1. The van der Waals surface area contributed by atoms with Crippen LogP contribution in [0.1, 0.15) is 28.3 Å². The third kappa shape index (κ3) is 3.77. The fraction of sp³-hybridized carbons (Fsp3) is 0.125. The van der Waals surface area contributed by atoms with E-state index in [0.717, 1.165) is 27.6 Å². The number of benzene rings is 3. The zero-order valence-corrected chi connectivity index (χ0v) is 15.3. The molecule has 3 aromatic carbocycles. The van der Waals surface area contributed by atoms with E-state index in [9.17, 15) is 4.79 Å². The van der Waals surface area contributed by atoms with Gasteiger partial charge >= 0.3 is 0 Å². The van der Waals surface area contributed by atoms with Gasteiger partial charge in [0.25, 0.3) is 0 Å². The maximum atomic E-state index is 12.9. The molecular weight excluding hydrogens is 332 g/mol. The third-order valence-corrected chi connectivity index (χ3v) is 4.87. The number of carbonyl (C=O) groups excluding carboxylic acids is 1. The number of H-pyrrole nitrogens is 1. The zero-order chi connectivity index (χ0) is 18.6. The van der Waals surface area contributed by atoms with E-state index in [2.05, 4.69) is 53.6 Å². The van der Waals surface area contributed by atoms with Crippen LogP contribution in [0.5, 0.6) is 0 Å². The molecule has 1 atom stereocenters. The molecule has 0 aliphatic rings. The van der Waals surface area contributed by atoms with Crippen molar-refractivity contribution in [1.29, 1.82) is 0 Å². The molecule has 0 saturated carbocycles. The highest BCUT2D eigenvalue weighted by Crippen LogP contribution is 2.23. The Morgan fingerprint density at radius 1 is 0.889 bits per heavy atom. The van der Waals surface area contributed by atoms with Gasteiger partial charge in [0.2, 0.25) is 5.91 Å². The molecule has 3 heteroatoms. The molecule has 4 aromatic rings. The van der Waals surface area contributed by atoms with E-state index in [4.69, 9.17) is 0 Å². The van der Waals surface area contributed by atoms with Crippen molar-refractivity contribution >= 4 is 16.8 Å². The highest BCUT2D eigenvalue weighted by molar-refractivity contribution is 5.89. The van der Waals surface area contributed by atoms with Crippen LogP contribution < -0.4 is 5.32 Å². The maximum Gasteiger partial charge on any atom is 0.225 e. The van der Waals surface area contributed by atoms with Crippen molar-refractivity contribution in [2.75, 3.05) is 0 Å². The Hall–Kier alpha value is -3.33. The molecule has 1 aromatic heterocycles. The Balaban J connectivity index is 1.59. The van der Waals surface area contributed by atoms with E-state index in [1.807, 2.05) is 48.7 Å². The van der Waals surface area contributed by atoms with Gasteiger partial charge in [0.15, 0.2) is 0 Å². The van der Waals surface area contributed by atoms with Crippen LogP contribution in [0.2, 0.25) is 0 Å². The molecule has 0 spiro atoms. The number of hydrogen-bond acceptors (Lipinski definition) is 1. The fourth-order valence-corrected chi connectivity index (χ4v) is 3.43. The first-order valence-electron chi connectivity index (χ1n) is 9.16. The summed E-state index contributed by atoms with van der Waals surface area (Å²) in [5.74, 6) is 0.00850. The van der Waals surface area contributed by atoms with Crippen LogP contribution in [0.25, 0.3) is 10.9 Å². The lowest BCUT2D eigenvalue weighted by Crippen LogP contribution is -2.30. The number of hydrogen-bond donors (Lipinski definition) is 2. The summed E-state index contributed by atoms with van der Waals surface area (Å²) in [5.41, 5.74) is 5.43. The van der Waals surface area contributed by atoms with Gasteiger partial charge in [-0.3, -0.25) is 4.79 Å². The second kappa shape index (κ2) is 7.50. The van der Waals surface area contributed by atoms with Crippen molar-refractivity contribution in [2.45, 2.75) is 19.4 Å². The van der Waals surface area contributed by atoms with Crippen LogP contribution >= 0.6 is 0 Å². The Bertz CT molecular complexity index is 1050. The van der Waals surface area contributed by atoms with Crippen molar-refractivity contribution in [1.82, 2.24) is 10.3 Å². The number of amides is 1. The summed E-state index contributed by atoms with van der Waals surface area (Å²) in [5, 5.41) is 4.32. The molecule has 1 heterocycles. The van der Waals surface area contributed by atoms with Gasteiger partial charge < -0.3 is 10.3 Å². The monoisotopic (exact) mass is 354 g/mol. The molecule has 2 N–H and O–H groups in total. The number of para-hydroxylation sites is 1. The number of aromatic nitrogens is 1. The normalized spacial score (nSPS) is 12.0. The van der Waals surface area contributed by atoms with E-state index in [0.29, 0.717) is 6.42 Å². The first-order valence-corrected chi connectivity index (χ1v) is 9.16. The van der Waals surface area contributed by atoms with Gasteiger partial charge in [-0.2, -0.15) is 0 Å². The van der Waals surface area contributed by atoms with Gasteiger partial charge in [-0.25, -0.2) is 0 Å². The molecule has 0 radical (unpaired) electrons. The number of aryl methyl sites for hydroxylation is 1. The average molecular weight is 354 g/mol. The molecule has 3 nitrogen and oxygen atoms in total. The topological polar surface area (TPSA) is 44.9 Å². The lowest BCUT2D eigenvalue weighted by Gasteiger charge is -2.20. The van der Waals surface area contributed by atoms with Crippen LogP contribution in [0.4, 0.5) is 0 Å². The predicted molar refractivity (Wildman–Crippen MR) is 110 cm³/mol. The Morgan fingerprint density at radius 3 is 2.33 bits per heavy atom. The molecule has 134 valence electrons. The van der Waals surface area contributed by atoms with Crippen LogP contribution in [0.15, 0.2) is 85.1 Å². The molecular formula is C24H22N2O. The molecule has 0 saturated heterocycles. The van der Waals surface area contributed by atoms with Crippen LogP contribution in [-0.4, -0.2) is 10.9 Å². The van der Waals surface area contributed by atoms with Gasteiger partial charge in [-0.1, -0.05) is 78.4 Å². The number of carbonyl (C=O) groups is 1. The minimum Gasteiger partial charge on any atom is -0.361 e. The van der Waals surface area contributed by atoms with Gasteiger partial charge in [0.05, 0.1) is 12.5 Å². The largest absolute Gasteiger partial charge is 0.361 e. The highest BCUT2D eigenvalue weighted by Gasteiger charge is 2.17. The standard InChI is InChI=1S/C24H22N2O/c1-17-11-13-19(14-12-17)24(18-7-3-2-4-8-18)26-23(27)15-20-16-25-22-10-6-5-9-21(20)22/h2-14,16,24-25H,15H2,1H3,(H,26,27)/t24-/m0/s1. The van der Waals surface area contributed by atoms with Crippen molar-refractivity contribution < 1.29 is 4.79 Å². The van der Waals surface area contributed by atoms with E-state index >= 15 is 0 Å². The summed E-state index contributed by atoms with van der Waals surface area (Å²) in [6.07, 6.45) is 2.27. The highest BCUT2D eigenvalue weighted by atomic mass is 16.1. The first-order chi connectivity index (χ1) is 13.2. The Kier molecular flexibility index (Phi) is 4.75. The van der Waals surface area contributed by atoms with E-state index in [-0.39, 0.29) is 11.9 Å². The maximum absolute atomic E-state index is 12.9. The quantitative estimate of drug-likeness (QED) is 0.525. The molecule has 1 amide bonds. The van der Waals surface area contributed by atoms with Gasteiger partial charge in [-0.15, -0.1) is 0 Å². The van der Waals surface area contributed by atoms with Gasteiger partial charge in [-0.05, 0) is 29.7 Å². The smallest absolute Gasteiger partial charge is 0.225 e. The Labute approximate surface area is 159 Å². The molecule has 0 fully saturated rings. The minimum absolute atomic E-state index is 0.00850. The summed E-state index contributed by atoms with van der Waals surface area (Å²) >= 11 is 0. The third-order valence-electron chi connectivity index (χ3n) is 4.87. The molecule has 0 aliphatic carbocycles. The summed E-state index contributed by atoms with van der Waals surface area (Å²) in [6, 6.07) is 26.3. The second-order valence-corrected chi connectivity index (χ2v) is 6.86. The number of aromatic amines is 1. The summed E-state index contributed by atoms with van der Waals surface area (Å²) in [4.78, 5) is 16.1. The van der Waals surface area contributed by atoms with Crippen molar-refractivity contribution in [3.63, 3.8) is 0 Å². The SMILES string of the molecule is Cc1ccc([C@@H](NC(=O)Cc2c[nH]c3ccccc23)c2ccccc2)cc1. The summed E-state index contributed by atoms with van der Waals surface area (Å²) in [7, 11) is 0. The molecule has 0 unspecified atom stereocenters. The fourth-order valence-electron chi connectivity index (χ4n) is 3.43. The first kappa shape index (κ1) is 17.1.